The Kier molecular flexibility index (Phi) is 5.91. The first-order valence-electron chi connectivity index (χ1n) is 10.3. The van der Waals surface area contributed by atoms with Crippen LogP contribution >= 0.6 is 0 Å². The predicted octanol–water partition coefficient (Wildman–Crippen LogP) is 5.55. The van der Waals surface area contributed by atoms with E-state index in [1.807, 2.05) is 36.4 Å². The summed E-state index contributed by atoms with van der Waals surface area (Å²) in [5, 5.41) is 19.6. The number of benzene rings is 2. The highest BCUT2D eigenvalue weighted by molar-refractivity contribution is 5.99. The molecule has 2 aromatic carbocycles. The summed E-state index contributed by atoms with van der Waals surface area (Å²) in [5.74, 6) is -0.852. The Morgan fingerprint density at radius 2 is 1.90 bits per heavy atom. The van der Waals surface area contributed by atoms with E-state index >= 15 is 0 Å². The van der Waals surface area contributed by atoms with Crippen LogP contribution in [0.25, 0.3) is 28.1 Å². The number of aromatic nitrogens is 1. The van der Waals surface area contributed by atoms with Crippen molar-refractivity contribution in [2.75, 3.05) is 0 Å². The molecule has 2 N–H and O–H groups in total. The fraction of sp³-hybridized carbons (Fsp3) is 0.280. The molecule has 0 bridgehead atoms. The highest BCUT2D eigenvalue weighted by atomic mass is 19.1. The summed E-state index contributed by atoms with van der Waals surface area (Å²) in [6.07, 6.45) is 6.04. The molecule has 0 saturated heterocycles. The van der Waals surface area contributed by atoms with Crippen molar-refractivity contribution in [3.8, 4) is 11.1 Å². The quantitative estimate of drug-likeness (QED) is 0.516. The Morgan fingerprint density at radius 1 is 1.17 bits per heavy atom. The number of hydrogen-bond donors (Lipinski definition) is 2. The zero-order valence-corrected chi connectivity index (χ0v) is 16.6. The second kappa shape index (κ2) is 8.76. The van der Waals surface area contributed by atoms with Gasteiger partial charge in [0.25, 0.3) is 0 Å². The largest absolute Gasteiger partial charge is 0.481 e. The van der Waals surface area contributed by atoms with Crippen molar-refractivity contribution in [1.29, 1.82) is 0 Å². The second-order valence-corrected chi connectivity index (χ2v) is 7.82. The number of para-hydroxylation sites is 1. The normalized spacial score (nSPS) is 15.0. The lowest BCUT2D eigenvalue weighted by atomic mass is 9.92. The van der Waals surface area contributed by atoms with E-state index in [0.717, 1.165) is 46.1 Å². The Hall–Kier alpha value is -3.05. The minimum Gasteiger partial charge on any atom is -0.481 e. The molecule has 0 radical (unpaired) electrons. The fourth-order valence-corrected chi connectivity index (χ4v) is 3.80. The summed E-state index contributed by atoms with van der Waals surface area (Å²) in [5.41, 5.74) is 4.96. The molecule has 30 heavy (non-hydrogen) atoms. The van der Waals surface area contributed by atoms with Crippen LogP contribution in [0.3, 0.4) is 0 Å². The van der Waals surface area contributed by atoms with Crippen LogP contribution < -0.4 is 0 Å². The average molecular weight is 405 g/mol. The number of allylic oxidation sites excluding steroid dienone is 1. The summed E-state index contributed by atoms with van der Waals surface area (Å²) in [6, 6.07) is 14.5. The van der Waals surface area contributed by atoms with Gasteiger partial charge < -0.3 is 10.2 Å². The van der Waals surface area contributed by atoms with E-state index in [9.17, 15) is 14.3 Å². The third-order valence-corrected chi connectivity index (χ3v) is 5.42. The number of halogens is 1. The lowest BCUT2D eigenvalue weighted by Gasteiger charge is -2.15. The molecule has 5 heteroatoms. The Morgan fingerprint density at radius 3 is 2.60 bits per heavy atom. The third kappa shape index (κ3) is 4.57. The number of aliphatic carboxylic acids is 1. The first kappa shape index (κ1) is 20.2. The van der Waals surface area contributed by atoms with Crippen molar-refractivity contribution >= 4 is 22.9 Å². The number of pyridine rings is 1. The van der Waals surface area contributed by atoms with Crippen LogP contribution in [0.2, 0.25) is 0 Å². The van der Waals surface area contributed by atoms with E-state index < -0.39 is 12.1 Å². The number of rotatable bonds is 8. The maximum atomic E-state index is 13.6. The zero-order chi connectivity index (χ0) is 21.1. The van der Waals surface area contributed by atoms with E-state index in [1.165, 1.54) is 12.1 Å². The Labute approximate surface area is 174 Å². The number of carboxylic acids is 1. The van der Waals surface area contributed by atoms with Crippen molar-refractivity contribution in [3.63, 3.8) is 0 Å². The van der Waals surface area contributed by atoms with Crippen LogP contribution in [0.5, 0.6) is 0 Å². The summed E-state index contributed by atoms with van der Waals surface area (Å²) >= 11 is 0. The van der Waals surface area contributed by atoms with Gasteiger partial charge in [0, 0.05) is 22.4 Å². The van der Waals surface area contributed by atoms with Crippen molar-refractivity contribution < 1.29 is 19.4 Å². The van der Waals surface area contributed by atoms with Crippen LogP contribution in [-0.4, -0.2) is 27.3 Å². The van der Waals surface area contributed by atoms with Crippen molar-refractivity contribution in [3.05, 3.63) is 71.7 Å². The molecule has 4 rings (SSSR count). The first-order chi connectivity index (χ1) is 14.5. The molecule has 1 saturated carbocycles. The van der Waals surface area contributed by atoms with Crippen molar-refractivity contribution in [2.24, 2.45) is 0 Å². The van der Waals surface area contributed by atoms with Gasteiger partial charge in [-0.25, -0.2) is 4.39 Å². The van der Waals surface area contributed by atoms with Gasteiger partial charge in [-0.2, -0.15) is 0 Å². The van der Waals surface area contributed by atoms with Gasteiger partial charge in [0.1, 0.15) is 5.82 Å². The summed E-state index contributed by atoms with van der Waals surface area (Å²) < 4.78 is 13.6. The number of nitrogens with zero attached hydrogens (tertiary/aromatic N) is 1. The van der Waals surface area contributed by atoms with Gasteiger partial charge in [-0.15, -0.1) is 0 Å². The molecule has 1 atom stereocenters. The van der Waals surface area contributed by atoms with Gasteiger partial charge in [0.15, 0.2) is 0 Å². The number of aliphatic hydroxyl groups is 1. The van der Waals surface area contributed by atoms with E-state index in [0.29, 0.717) is 18.8 Å². The predicted molar refractivity (Wildman–Crippen MR) is 116 cm³/mol. The van der Waals surface area contributed by atoms with Crippen molar-refractivity contribution in [1.82, 2.24) is 4.98 Å². The van der Waals surface area contributed by atoms with E-state index in [-0.39, 0.29) is 12.2 Å². The summed E-state index contributed by atoms with van der Waals surface area (Å²) in [4.78, 5) is 15.7. The molecule has 0 amide bonds. The zero-order valence-electron chi connectivity index (χ0n) is 16.6. The number of hydrogen-bond acceptors (Lipinski definition) is 3. The van der Waals surface area contributed by atoms with Gasteiger partial charge >= 0.3 is 5.97 Å². The topological polar surface area (TPSA) is 70.4 Å². The second-order valence-electron chi connectivity index (χ2n) is 7.82. The molecule has 3 aromatic rings. The number of carbonyl (C=O) groups is 1. The average Bonchev–Trinajstić information content (AvgIpc) is 3.56. The minimum absolute atomic E-state index is 0.250. The standard InChI is InChI=1S/C25H24FNO3/c26-18-13-11-16(12-14-18)24-20-6-3-4-8-22(20)27-25(17-9-10-17)21(24)7-2-1-5-19(28)15-23(29)30/h2-4,6-8,11-14,17,19,28H,1,5,9-10,15H2,(H,29,30). The van der Waals surface area contributed by atoms with Gasteiger partial charge in [0.2, 0.25) is 0 Å². The molecular formula is C25H24FNO3. The number of carboxylic acid groups (broad SMARTS) is 1. The smallest absolute Gasteiger partial charge is 0.305 e. The lowest BCUT2D eigenvalue weighted by molar-refractivity contribution is -0.139. The summed E-state index contributed by atoms with van der Waals surface area (Å²) in [6.45, 7) is 0. The Balaban J connectivity index is 1.75. The monoisotopic (exact) mass is 405 g/mol. The van der Waals surface area contributed by atoms with E-state index in [4.69, 9.17) is 10.1 Å². The van der Waals surface area contributed by atoms with Crippen LogP contribution in [0.4, 0.5) is 4.39 Å². The summed E-state index contributed by atoms with van der Waals surface area (Å²) in [7, 11) is 0. The van der Waals surface area contributed by atoms with Gasteiger partial charge in [-0.1, -0.05) is 42.5 Å². The van der Waals surface area contributed by atoms with Gasteiger partial charge in [-0.3, -0.25) is 9.78 Å². The molecule has 154 valence electrons. The van der Waals surface area contributed by atoms with Crippen LogP contribution in [0.15, 0.2) is 54.6 Å². The first-order valence-corrected chi connectivity index (χ1v) is 10.3. The Bertz CT molecular complexity index is 1090. The molecule has 0 spiro atoms. The highest BCUT2D eigenvalue weighted by Gasteiger charge is 2.29. The van der Waals surface area contributed by atoms with Crippen LogP contribution in [-0.2, 0) is 4.79 Å². The molecule has 1 unspecified atom stereocenters. The molecule has 1 fully saturated rings. The van der Waals surface area contributed by atoms with Crippen LogP contribution in [0.1, 0.15) is 49.3 Å². The molecule has 1 aliphatic rings. The van der Waals surface area contributed by atoms with Gasteiger partial charge in [-0.05, 0) is 49.4 Å². The fourth-order valence-electron chi connectivity index (χ4n) is 3.80. The molecule has 0 aliphatic heterocycles. The van der Waals surface area contributed by atoms with Crippen LogP contribution in [0, 0.1) is 5.82 Å². The molecular weight excluding hydrogens is 381 g/mol. The van der Waals surface area contributed by atoms with Crippen molar-refractivity contribution in [2.45, 2.75) is 44.1 Å². The molecule has 4 nitrogen and oxygen atoms in total. The van der Waals surface area contributed by atoms with E-state index in [2.05, 4.69) is 0 Å². The highest BCUT2D eigenvalue weighted by Crippen LogP contribution is 2.45. The SMILES string of the molecule is O=C(O)CC(O)CCC=Cc1c(C2CC2)nc2ccccc2c1-c1ccc(F)cc1. The molecule has 1 heterocycles. The molecule has 1 aromatic heterocycles. The minimum atomic E-state index is -1.00. The number of aliphatic hydroxyl groups excluding tert-OH is 1. The maximum absolute atomic E-state index is 13.6. The van der Waals surface area contributed by atoms with E-state index in [1.54, 1.807) is 12.1 Å². The maximum Gasteiger partial charge on any atom is 0.305 e. The molecule has 1 aliphatic carbocycles. The lowest BCUT2D eigenvalue weighted by Crippen LogP contribution is -2.12. The third-order valence-electron chi connectivity index (χ3n) is 5.42. The van der Waals surface area contributed by atoms with Gasteiger partial charge in [0.05, 0.1) is 23.7 Å². The number of fused-ring (bicyclic) bond motifs is 1.